The maximum Gasteiger partial charge on any atom is 0.291 e. The molecule has 1 aromatic heterocycles. The highest BCUT2D eigenvalue weighted by Crippen LogP contribution is 2.26. The van der Waals surface area contributed by atoms with Gasteiger partial charge in [-0.1, -0.05) is 0 Å². The van der Waals surface area contributed by atoms with Crippen molar-refractivity contribution in [2.24, 2.45) is 5.10 Å². The molecule has 1 N–H and O–H groups in total. The van der Waals surface area contributed by atoms with E-state index in [1.165, 1.54) is 25.3 Å². The molecule has 1 heterocycles. The van der Waals surface area contributed by atoms with E-state index in [4.69, 9.17) is 14.2 Å². The zero-order valence-corrected chi connectivity index (χ0v) is 18.7. The number of hydrogen-bond acceptors (Lipinski definition) is 7. The number of nitrogens with zero attached hydrogens (tertiary/aromatic N) is 3. The Morgan fingerprint density at radius 2 is 1.70 bits per heavy atom. The fourth-order valence-corrected chi connectivity index (χ4v) is 3.64. The van der Waals surface area contributed by atoms with Gasteiger partial charge in [0.2, 0.25) is 0 Å². The Morgan fingerprint density at radius 3 is 2.36 bits per heavy atom. The van der Waals surface area contributed by atoms with Gasteiger partial charge in [-0.3, -0.25) is 9.78 Å². The Morgan fingerprint density at radius 1 is 1.00 bits per heavy atom. The number of rotatable bonds is 8. The van der Waals surface area contributed by atoms with Crippen LogP contribution in [0, 0.1) is 0 Å². The van der Waals surface area contributed by atoms with E-state index in [1.54, 1.807) is 38.6 Å². The Bertz CT molecular complexity index is 1100. The van der Waals surface area contributed by atoms with Crippen molar-refractivity contribution in [3.8, 4) is 28.5 Å². The number of benzene rings is 2. The maximum atomic E-state index is 12.5. The van der Waals surface area contributed by atoms with Crippen molar-refractivity contribution in [1.82, 2.24) is 15.4 Å². The fourth-order valence-electron chi connectivity index (χ4n) is 3.64. The van der Waals surface area contributed by atoms with E-state index in [-0.39, 0.29) is 5.69 Å². The zero-order chi connectivity index (χ0) is 23.0. The van der Waals surface area contributed by atoms with Gasteiger partial charge in [-0.2, -0.15) is 5.10 Å². The second-order valence-corrected chi connectivity index (χ2v) is 7.68. The molecule has 0 atom stereocenters. The largest absolute Gasteiger partial charge is 0.497 e. The van der Waals surface area contributed by atoms with Crippen LogP contribution < -0.4 is 19.6 Å². The number of hydrogen-bond donors (Lipinski definition) is 1. The Kier molecular flexibility index (Phi) is 7.14. The van der Waals surface area contributed by atoms with Crippen LogP contribution in [-0.4, -0.2) is 42.4 Å². The first-order valence-corrected chi connectivity index (χ1v) is 10.8. The van der Waals surface area contributed by atoms with Gasteiger partial charge in [0.15, 0.2) is 0 Å². The molecule has 3 aromatic rings. The summed E-state index contributed by atoms with van der Waals surface area (Å²) in [6.07, 6.45) is 9.51. The van der Waals surface area contributed by atoms with E-state index in [0.717, 1.165) is 24.2 Å². The number of ether oxygens (including phenoxy) is 3. The lowest BCUT2D eigenvalue weighted by Crippen LogP contribution is -2.19. The van der Waals surface area contributed by atoms with Crippen LogP contribution in [0.1, 0.15) is 41.7 Å². The van der Waals surface area contributed by atoms with Crippen molar-refractivity contribution in [2.75, 3.05) is 14.2 Å². The van der Waals surface area contributed by atoms with Gasteiger partial charge in [-0.25, -0.2) is 10.4 Å². The summed E-state index contributed by atoms with van der Waals surface area (Å²) >= 11 is 0. The third-order valence-electron chi connectivity index (χ3n) is 5.38. The second-order valence-electron chi connectivity index (χ2n) is 7.68. The van der Waals surface area contributed by atoms with Crippen LogP contribution in [0.5, 0.6) is 17.2 Å². The van der Waals surface area contributed by atoms with Gasteiger partial charge in [0.05, 0.1) is 44.6 Å². The lowest BCUT2D eigenvalue weighted by molar-refractivity contribution is 0.0950. The van der Waals surface area contributed by atoms with E-state index in [2.05, 4.69) is 20.5 Å². The highest BCUT2D eigenvalue weighted by molar-refractivity contribution is 5.93. The van der Waals surface area contributed by atoms with Crippen molar-refractivity contribution in [1.29, 1.82) is 0 Å². The summed E-state index contributed by atoms with van der Waals surface area (Å²) in [4.78, 5) is 21.1. The monoisotopic (exact) mass is 446 g/mol. The van der Waals surface area contributed by atoms with Crippen molar-refractivity contribution in [3.05, 3.63) is 66.1 Å². The second kappa shape index (κ2) is 10.6. The maximum absolute atomic E-state index is 12.5. The topological polar surface area (TPSA) is 94.9 Å². The highest BCUT2D eigenvalue weighted by atomic mass is 16.5. The molecule has 0 spiro atoms. The van der Waals surface area contributed by atoms with E-state index in [1.807, 2.05) is 24.3 Å². The van der Waals surface area contributed by atoms with Crippen LogP contribution in [0.2, 0.25) is 0 Å². The summed E-state index contributed by atoms with van der Waals surface area (Å²) < 4.78 is 16.5. The van der Waals surface area contributed by atoms with Gasteiger partial charge in [0.25, 0.3) is 5.91 Å². The smallest absolute Gasteiger partial charge is 0.291 e. The van der Waals surface area contributed by atoms with Gasteiger partial charge in [-0.15, -0.1) is 0 Å². The SMILES string of the molecule is COc1cc(C=NNC(=O)c2cncc(-c3ccc(OC4CCCC4)cc3)n2)cc(OC)c1. The van der Waals surface area contributed by atoms with E-state index in [9.17, 15) is 4.79 Å². The lowest BCUT2D eigenvalue weighted by Gasteiger charge is -2.13. The standard InChI is InChI=1S/C25H26N4O4/c1-31-21-11-17(12-22(13-21)32-2)14-27-29-25(30)24-16-26-15-23(28-24)18-7-9-20(10-8-18)33-19-5-3-4-6-19/h7-16,19H,3-6H2,1-2H3,(H,29,30). The molecule has 0 bridgehead atoms. The number of carbonyl (C=O) groups excluding carboxylic acids is 1. The molecule has 2 aromatic carbocycles. The minimum Gasteiger partial charge on any atom is -0.497 e. The van der Waals surface area contributed by atoms with Gasteiger partial charge in [0.1, 0.15) is 22.9 Å². The van der Waals surface area contributed by atoms with Crippen molar-refractivity contribution < 1.29 is 19.0 Å². The molecular formula is C25H26N4O4. The van der Waals surface area contributed by atoms with E-state index >= 15 is 0 Å². The van der Waals surface area contributed by atoms with Crippen LogP contribution in [0.4, 0.5) is 0 Å². The average molecular weight is 447 g/mol. The van der Waals surface area contributed by atoms with Crippen molar-refractivity contribution >= 4 is 12.1 Å². The van der Waals surface area contributed by atoms with Gasteiger partial charge >= 0.3 is 0 Å². The number of amides is 1. The van der Waals surface area contributed by atoms with Crippen LogP contribution in [-0.2, 0) is 0 Å². The number of carbonyl (C=O) groups is 1. The molecule has 0 saturated heterocycles. The van der Waals surface area contributed by atoms with Gasteiger partial charge in [0, 0.05) is 17.2 Å². The predicted octanol–water partition coefficient (Wildman–Crippen LogP) is 4.25. The van der Waals surface area contributed by atoms with Gasteiger partial charge in [-0.05, 0) is 62.1 Å². The summed E-state index contributed by atoms with van der Waals surface area (Å²) in [5.74, 6) is 1.63. The lowest BCUT2D eigenvalue weighted by atomic mass is 10.1. The zero-order valence-electron chi connectivity index (χ0n) is 18.7. The quantitative estimate of drug-likeness (QED) is 0.411. The third-order valence-corrected chi connectivity index (χ3v) is 5.38. The molecule has 8 nitrogen and oxygen atoms in total. The highest BCUT2D eigenvalue weighted by Gasteiger charge is 2.16. The molecule has 0 radical (unpaired) electrons. The van der Waals surface area contributed by atoms with E-state index in [0.29, 0.717) is 28.9 Å². The number of aromatic nitrogens is 2. The van der Waals surface area contributed by atoms with Crippen LogP contribution in [0.3, 0.4) is 0 Å². The Hall–Kier alpha value is -3.94. The molecule has 0 unspecified atom stereocenters. The first-order chi connectivity index (χ1) is 16.1. The van der Waals surface area contributed by atoms with Crippen LogP contribution >= 0.6 is 0 Å². The summed E-state index contributed by atoms with van der Waals surface area (Å²) in [7, 11) is 3.14. The minimum absolute atomic E-state index is 0.166. The molecule has 8 heteroatoms. The van der Waals surface area contributed by atoms with Gasteiger partial charge < -0.3 is 14.2 Å². The molecule has 1 amide bonds. The van der Waals surface area contributed by atoms with Crippen LogP contribution in [0.15, 0.2) is 60.0 Å². The minimum atomic E-state index is -0.461. The van der Waals surface area contributed by atoms with E-state index < -0.39 is 5.91 Å². The first-order valence-electron chi connectivity index (χ1n) is 10.8. The molecule has 170 valence electrons. The average Bonchev–Trinajstić information content (AvgIpc) is 3.37. The number of nitrogens with one attached hydrogen (secondary N) is 1. The summed E-state index contributed by atoms with van der Waals surface area (Å²) in [6, 6.07) is 13.0. The van der Waals surface area contributed by atoms with Crippen molar-refractivity contribution in [2.45, 2.75) is 31.8 Å². The number of methoxy groups -OCH3 is 2. The van der Waals surface area contributed by atoms with Crippen molar-refractivity contribution in [3.63, 3.8) is 0 Å². The molecular weight excluding hydrogens is 420 g/mol. The first kappa shape index (κ1) is 22.3. The summed E-state index contributed by atoms with van der Waals surface area (Å²) in [6.45, 7) is 0. The molecule has 4 rings (SSSR count). The summed E-state index contributed by atoms with van der Waals surface area (Å²) in [5.41, 5.74) is 4.80. The normalized spacial score (nSPS) is 13.8. The fraction of sp³-hybridized carbons (Fsp3) is 0.280. The molecule has 1 saturated carbocycles. The molecule has 33 heavy (non-hydrogen) atoms. The number of hydrazone groups is 1. The molecule has 1 fully saturated rings. The molecule has 1 aliphatic rings. The Labute approximate surface area is 192 Å². The third kappa shape index (κ3) is 5.85. The molecule has 1 aliphatic carbocycles. The van der Waals surface area contributed by atoms with Crippen LogP contribution in [0.25, 0.3) is 11.3 Å². The Balaban J connectivity index is 1.41. The molecule has 0 aliphatic heterocycles. The predicted molar refractivity (Wildman–Crippen MR) is 125 cm³/mol. The summed E-state index contributed by atoms with van der Waals surface area (Å²) in [5, 5.41) is 4.01.